The standard InChI is InChI=1S/C72H125NO8/c1-6-8-10-12-14-16-18-20-22-24-26-28-30-31-32-33-34-35-36-37-38-39-41-42-44-46-48-50-52-54-56-58-60-62-69(74)79-66-68(67-80-72(71(76)77)78-65-64-73(3,4)5)81-70(75)63-61-59-57-55-53-51-49-47-45-43-40-29-27-25-23-21-19-17-15-13-11-9-7-2/h9,11,15,17-18,20-21,23-24,26-27,29-31,43,45,68,72H,6-8,10,12-14,16,19,22,25,28,32-42,44,46-67H2,1-5H3/p+1/b11-9-,17-15-,20-18-,23-21-,26-24-,29-27-,31-30-,45-43-. The predicted octanol–water partition coefficient (Wildman–Crippen LogP) is 20.5. The van der Waals surface area contributed by atoms with E-state index in [1.807, 2.05) is 21.1 Å². The van der Waals surface area contributed by atoms with Gasteiger partial charge in [-0.25, -0.2) is 4.79 Å². The molecule has 0 bridgehead atoms. The Morgan fingerprint density at radius 3 is 1.05 bits per heavy atom. The summed E-state index contributed by atoms with van der Waals surface area (Å²) in [6.07, 6.45) is 82.2. The summed E-state index contributed by atoms with van der Waals surface area (Å²) in [5.41, 5.74) is 0. The van der Waals surface area contributed by atoms with E-state index in [1.54, 1.807) is 0 Å². The number of hydrogen-bond acceptors (Lipinski definition) is 7. The normalized spacial score (nSPS) is 13.3. The highest BCUT2D eigenvalue weighted by molar-refractivity contribution is 5.71. The van der Waals surface area contributed by atoms with E-state index in [0.717, 1.165) is 89.9 Å². The fourth-order valence-corrected chi connectivity index (χ4v) is 9.23. The maximum absolute atomic E-state index is 12.9. The van der Waals surface area contributed by atoms with Crippen LogP contribution in [0.4, 0.5) is 0 Å². The number of likely N-dealkylation sites (N-methyl/N-ethyl adjacent to an activating group) is 1. The first-order valence-corrected chi connectivity index (χ1v) is 33.4. The van der Waals surface area contributed by atoms with Gasteiger partial charge >= 0.3 is 17.9 Å². The maximum atomic E-state index is 12.9. The van der Waals surface area contributed by atoms with E-state index < -0.39 is 24.3 Å². The van der Waals surface area contributed by atoms with Crippen LogP contribution in [0.3, 0.4) is 0 Å². The quantitative estimate of drug-likeness (QED) is 0.0211. The molecule has 0 aliphatic carbocycles. The molecule has 9 nitrogen and oxygen atoms in total. The summed E-state index contributed by atoms with van der Waals surface area (Å²) in [5, 5.41) is 9.73. The Hall–Kier alpha value is -3.79. The minimum absolute atomic E-state index is 0.182. The van der Waals surface area contributed by atoms with Gasteiger partial charge in [0.2, 0.25) is 0 Å². The highest BCUT2D eigenvalue weighted by Crippen LogP contribution is 2.17. The summed E-state index contributed by atoms with van der Waals surface area (Å²) in [7, 11) is 5.97. The van der Waals surface area contributed by atoms with Crippen LogP contribution in [-0.2, 0) is 33.3 Å². The van der Waals surface area contributed by atoms with Crippen molar-refractivity contribution in [2.24, 2.45) is 0 Å². The number of carboxylic acids is 1. The number of carbonyl (C=O) groups is 3. The lowest BCUT2D eigenvalue weighted by Crippen LogP contribution is -2.40. The van der Waals surface area contributed by atoms with Crippen molar-refractivity contribution in [3.05, 3.63) is 97.2 Å². The van der Waals surface area contributed by atoms with Crippen molar-refractivity contribution in [3.63, 3.8) is 0 Å². The van der Waals surface area contributed by atoms with E-state index in [0.29, 0.717) is 23.9 Å². The molecule has 466 valence electrons. The molecule has 9 heteroatoms. The van der Waals surface area contributed by atoms with Crippen molar-refractivity contribution in [2.75, 3.05) is 47.5 Å². The van der Waals surface area contributed by atoms with Gasteiger partial charge in [-0.1, -0.05) is 272 Å². The van der Waals surface area contributed by atoms with Crippen LogP contribution in [0.2, 0.25) is 0 Å². The minimum Gasteiger partial charge on any atom is -0.477 e. The highest BCUT2D eigenvalue weighted by Gasteiger charge is 2.25. The number of carbonyl (C=O) groups excluding carboxylic acids is 2. The zero-order chi connectivity index (χ0) is 59.1. The second kappa shape index (κ2) is 62.3. The van der Waals surface area contributed by atoms with Crippen LogP contribution < -0.4 is 0 Å². The summed E-state index contributed by atoms with van der Waals surface area (Å²) in [6.45, 7) is 4.76. The predicted molar refractivity (Wildman–Crippen MR) is 345 cm³/mol. The number of esters is 2. The van der Waals surface area contributed by atoms with Crippen molar-refractivity contribution in [1.29, 1.82) is 0 Å². The summed E-state index contributed by atoms with van der Waals surface area (Å²) < 4.78 is 22.9. The van der Waals surface area contributed by atoms with Crippen molar-refractivity contribution in [1.82, 2.24) is 0 Å². The zero-order valence-corrected chi connectivity index (χ0v) is 53.2. The Balaban J connectivity index is 4.13. The van der Waals surface area contributed by atoms with Gasteiger partial charge in [0.15, 0.2) is 6.10 Å². The highest BCUT2D eigenvalue weighted by atomic mass is 16.7. The van der Waals surface area contributed by atoms with Gasteiger partial charge in [-0.2, -0.15) is 0 Å². The molecule has 0 aromatic rings. The van der Waals surface area contributed by atoms with E-state index in [2.05, 4.69) is 111 Å². The largest absolute Gasteiger partial charge is 0.477 e. The summed E-state index contributed by atoms with van der Waals surface area (Å²) in [4.78, 5) is 37.6. The average Bonchev–Trinajstić information content (AvgIpc) is 3.44. The molecule has 1 N–H and O–H groups in total. The van der Waals surface area contributed by atoms with E-state index in [9.17, 15) is 19.5 Å². The molecule has 2 unspecified atom stereocenters. The summed E-state index contributed by atoms with van der Waals surface area (Å²) in [5.74, 6) is -2.02. The van der Waals surface area contributed by atoms with Gasteiger partial charge in [-0.3, -0.25) is 9.59 Å². The first-order chi connectivity index (χ1) is 39.6. The molecule has 0 aliphatic rings. The van der Waals surface area contributed by atoms with Gasteiger partial charge in [0.1, 0.15) is 13.2 Å². The Morgan fingerprint density at radius 2 is 0.704 bits per heavy atom. The SMILES string of the molecule is CC/C=C\C/C=C\C/C=C\C/C=C\C/C=C\CCCCCCCCCC(=O)OC(COC(=O)CCCCCCCCCCCCCCCCCCCC/C=C\C/C=C\C/C=C\CCCCCCC)COC(OCC[N+](C)(C)C)C(=O)O. The lowest BCUT2D eigenvalue weighted by Gasteiger charge is -2.25. The number of allylic oxidation sites excluding steroid dienone is 16. The van der Waals surface area contributed by atoms with Crippen LogP contribution in [-0.4, -0.2) is 87.4 Å². The third-order valence-electron chi connectivity index (χ3n) is 14.3. The van der Waals surface area contributed by atoms with Crippen LogP contribution in [0.25, 0.3) is 0 Å². The number of aliphatic carboxylic acids is 1. The molecule has 0 spiro atoms. The topological polar surface area (TPSA) is 108 Å². The fraction of sp³-hybridized carbons (Fsp3) is 0.736. The smallest absolute Gasteiger partial charge is 0.361 e. The molecule has 81 heavy (non-hydrogen) atoms. The van der Waals surface area contributed by atoms with Gasteiger partial charge < -0.3 is 28.5 Å². The molecule has 2 atom stereocenters. The summed E-state index contributed by atoms with van der Waals surface area (Å²) >= 11 is 0. The molecule has 0 heterocycles. The first-order valence-electron chi connectivity index (χ1n) is 33.4. The maximum Gasteiger partial charge on any atom is 0.361 e. The first kappa shape index (κ1) is 77.2. The van der Waals surface area contributed by atoms with Gasteiger partial charge in [0.05, 0.1) is 34.4 Å². The van der Waals surface area contributed by atoms with E-state index in [1.165, 1.54) is 161 Å². The number of unbranched alkanes of at least 4 members (excludes halogenated alkanes) is 30. The number of hydrogen-bond donors (Lipinski definition) is 1. The van der Waals surface area contributed by atoms with Crippen molar-refractivity contribution in [2.45, 2.75) is 296 Å². The second-order valence-corrected chi connectivity index (χ2v) is 23.4. The van der Waals surface area contributed by atoms with Crippen molar-refractivity contribution >= 4 is 17.9 Å². The molecule has 0 radical (unpaired) electrons. The van der Waals surface area contributed by atoms with Crippen molar-refractivity contribution in [3.8, 4) is 0 Å². The fourth-order valence-electron chi connectivity index (χ4n) is 9.23. The van der Waals surface area contributed by atoms with Crippen LogP contribution >= 0.6 is 0 Å². The van der Waals surface area contributed by atoms with Crippen molar-refractivity contribution < 1.29 is 42.9 Å². The second-order valence-electron chi connectivity index (χ2n) is 23.4. The molecular formula is C72H126NO8+. The minimum atomic E-state index is -1.52. The lowest BCUT2D eigenvalue weighted by molar-refractivity contribution is -0.870. The monoisotopic (exact) mass is 1130 g/mol. The number of quaternary nitrogens is 1. The third-order valence-corrected chi connectivity index (χ3v) is 14.3. The molecule has 0 rings (SSSR count). The van der Waals surface area contributed by atoms with Gasteiger partial charge in [-0.05, 0) is 96.3 Å². The van der Waals surface area contributed by atoms with Gasteiger partial charge in [0, 0.05) is 12.8 Å². The van der Waals surface area contributed by atoms with E-state index >= 15 is 0 Å². The number of nitrogens with zero attached hydrogens (tertiary/aromatic N) is 1. The summed E-state index contributed by atoms with van der Waals surface area (Å²) in [6, 6.07) is 0. The Labute approximate surface area is 499 Å². The number of ether oxygens (including phenoxy) is 4. The Morgan fingerprint density at radius 1 is 0.383 bits per heavy atom. The average molecular weight is 1130 g/mol. The Bertz CT molecular complexity index is 1650. The lowest BCUT2D eigenvalue weighted by atomic mass is 10.0. The molecule has 0 fully saturated rings. The van der Waals surface area contributed by atoms with Crippen LogP contribution in [0.15, 0.2) is 97.2 Å². The molecule has 0 amide bonds. The molecule has 0 aliphatic heterocycles. The van der Waals surface area contributed by atoms with Crippen LogP contribution in [0, 0.1) is 0 Å². The molecule has 0 aromatic carbocycles. The number of rotatable bonds is 61. The van der Waals surface area contributed by atoms with E-state index in [-0.39, 0.29) is 32.2 Å². The molecule has 0 saturated heterocycles. The zero-order valence-electron chi connectivity index (χ0n) is 53.2. The van der Waals surface area contributed by atoms with Crippen LogP contribution in [0.5, 0.6) is 0 Å². The third kappa shape index (κ3) is 63.6. The van der Waals surface area contributed by atoms with Gasteiger partial charge in [0.25, 0.3) is 6.29 Å². The van der Waals surface area contributed by atoms with E-state index in [4.69, 9.17) is 18.9 Å². The molecule has 0 saturated carbocycles. The van der Waals surface area contributed by atoms with Crippen LogP contribution in [0.1, 0.15) is 284 Å². The Kier molecular flexibility index (Phi) is 59.3. The van der Waals surface area contributed by atoms with Gasteiger partial charge in [-0.15, -0.1) is 0 Å². The molecule has 0 aromatic heterocycles. The molecular weight excluding hydrogens is 1010 g/mol. The number of carboxylic acid groups (broad SMARTS) is 1.